The van der Waals surface area contributed by atoms with Gasteiger partial charge in [-0.2, -0.15) is 0 Å². The van der Waals surface area contributed by atoms with Crippen molar-refractivity contribution in [2.45, 2.75) is 32.7 Å². The summed E-state index contributed by atoms with van der Waals surface area (Å²) in [7, 11) is 1.34. The molecular formula is C14H21N3O4S. The minimum Gasteiger partial charge on any atom is -0.465 e. The summed E-state index contributed by atoms with van der Waals surface area (Å²) >= 11 is 1.48. The van der Waals surface area contributed by atoms with Crippen LogP contribution in [0.2, 0.25) is 0 Å². The molecule has 1 N–H and O–H groups in total. The number of anilines is 1. The molecule has 1 atom stereocenters. The molecular weight excluding hydrogens is 306 g/mol. The van der Waals surface area contributed by atoms with E-state index in [2.05, 4.69) is 4.98 Å². The van der Waals surface area contributed by atoms with Crippen LogP contribution in [-0.4, -0.2) is 59.8 Å². The average Bonchev–Trinajstić information content (AvgIpc) is 2.91. The van der Waals surface area contributed by atoms with E-state index in [1.54, 1.807) is 0 Å². The standard InChI is InChI=1S/C14H21N3O4S/c1-8(2)11-15-10(13(18)21-4)12(22-11)16-5-6-17(14(19)20)9(3)7-16/h8-9H,5-7H2,1-4H3,(H,19,20)/t9-/m1/s1. The number of carbonyl (C=O) groups excluding carboxylic acids is 1. The van der Waals surface area contributed by atoms with Crippen LogP contribution >= 0.6 is 11.3 Å². The van der Waals surface area contributed by atoms with E-state index in [1.165, 1.54) is 23.3 Å². The second-order valence-corrected chi connectivity index (χ2v) is 6.63. The van der Waals surface area contributed by atoms with Gasteiger partial charge < -0.3 is 19.6 Å². The predicted molar refractivity (Wildman–Crippen MR) is 83.9 cm³/mol. The Labute approximate surface area is 133 Å². The smallest absolute Gasteiger partial charge is 0.407 e. The van der Waals surface area contributed by atoms with E-state index in [0.29, 0.717) is 25.3 Å². The minimum atomic E-state index is -0.910. The number of carboxylic acid groups (broad SMARTS) is 1. The van der Waals surface area contributed by atoms with Gasteiger partial charge in [-0.15, -0.1) is 11.3 Å². The van der Waals surface area contributed by atoms with Crippen molar-refractivity contribution >= 4 is 28.4 Å². The summed E-state index contributed by atoms with van der Waals surface area (Å²) in [6, 6.07) is -0.138. The van der Waals surface area contributed by atoms with E-state index in [4.69, 9.17) is 9.84 Å². The number of carbonyl (C=O) groups is 2. The molecule has 1 aliphatic rings. The minimum absolute atomic E-state index is 0.138. The van der Waals surface area contributed by atoms with Crippen LogP contribution in [0.25, 0.3) is 0 Å². The van der Waals surface area contributed by atoms with Gasteiger partial charge in [0.2, 0.25) is 0 Å². The number of aromatic nitrogens is 1. The largest absolute Gasteiger partial charge is 0.465 e. The molecule has 0 unspecified atom stereocenters. The van der Waals surface area contributed by atoms with E-state index in [0.717, 1.165) is 10.0 Å². The molecule has 8 heteroatoms. The van der Waals surface area contributed by atoms with Crippen molar-refractivity contribution in [3.8, 4) is 0 Å². The molecule has 0 aliphatic carbocycles. The van der Waals surface area contributed by atoms with Crippen molar-refractivity contribution in [3.05, 3.63) is 10.7 Å². The fraction of sp³-hybridized carbons (Fsp3) is 0.643. The molecule has 1 saturated heterocycles. The number of piperazine rings is 1. The molecule has 1 fully saturated rings. The van der Waals surface area contributed by atoms with Gasteiger partial charge in [-0.05, 0) is 6.92 Å². The molecule has 0 bridgehead atoms. The van der Waals surface area contributed by atoms with Crippen LogP contribution in [-0.2, 0) is 4.74 Å². The molecule has 7 nitrogen and oxygen atoms in total. The zero-order valence-corrected chi connectivity index (χ0v) is 14.0. The number of hydrogen-bond acceptors (Lipinski definition) is 6. The van der Waals surface area contributed by atoms with Gasteiger partial charge in [0.25, 0.3) is 0 Å². The number of thiazole rings is 1. The second-order valence-electron chi connectivity index (χ2n) is 5.62. The predicted octanol–water partition coefficient (Wildman–Crippen LogP) is 2.24. The maximum Gasteiger partial charge on any atom is 0.407 e. The third-order valence-corrected chi connectivity index (χ3v) is 5.08. The summed E-state index contributed by atoms with van der Waals surface area (Å²) in [6.45, 7) is 7.40. The normalized spacial score (nSPS) is 18.7. The number of esters is 1. The lowest BCUT2D eigenvalue weighted by Gasteiger charge is -2.38. The van der Waals surface area contributed by atoms with Crippen molar-refractivity contribution in [1.29, 1.82) is 0 Å². The maximum atomic E-state index is 12.0. The lowest BCUT2D eigenvalue weighted by Crippen LogP contribution is -2.53. The van der Waals surface area contributed by atoms with Gasteiger partial charge in [-0.1, -0.05) is 13.8 Å². The Morgan fingerprint density at radius 3 is 2.59 bits per heavy atom. The van der Waals surface area contributed by atoms with E-state index in [9.17, 15) is 9.59 Å². The molecule has 22 heavy (non-hydrogen) atoms. The van der Waals surface area contributed by atoms with Gasteiger partial charge in [0.15, 0.2) is 5.69 Å². The molecule has 2 rings (SSSR count). The van der Waals surface area contributed by atoms with Crippen molar-refractivity contribution in [3.63, 3.8) is 0 Å². The highest BCUT2D eigenvalue weighted by molar-refractivity contribution is 7.16. The molecule has 1 aliphatic heterocycles. The Hall–Kier alpha value is -1.83. The number of nitrogens with zero attached hydrogens (tertiary/aromatic N) is 3. The summed E-state index contributed by atoms with van der Waals surface area (Å²) < 4.78 is 4.82. The van der Waals surface area contributed by atoms with E-state index < -0.39 is 12.1 Å². The highest BCUT2D eigenvalue weighted by atomic mass is 32.1. The number of hydrogen-bond donors (Lipinski definition) is 1. The fourth-order valence-electron chi connectivity index (χ4n) is 2.45. The van der Waals surface area contributed by atoms with Gasteiger partial charge in [0, 0.05) is 31.6 Å². The molecule has 1 amide bonds. The first-order chi connectivity index (χ1) is 10.3. The van der Waals surface area contributed by atoms with Crippen LogP contribution in [0.15, 0.2) is 0 Å². The summed E-state index contributed by atoms with van der Waals surface area (Å²) in [5.74, 6) is -0.230. The monoisotopic (exact) mass is 327 g/mol. The molecule has 2 heterocycles. The number of amides is 1. The third-order valence-electron chi connectivity index (χ3n) is 3.66. The molecule has 0 spiro atoms. The maximum absolute atomic E-state index is 12.0. The van der Waals surface area contributed by atoms with Gasteiger partial charge in [-0.3, -0.25) is 0 Å². The first-order valence-electron chi connectivity index (χ1n) is 7.18. The molecule has 1 aromatic rings. The van der Waals surface area contributed by atoms with Gasteiger partial charge in [-0.25, -0.2) is 14.6 Å². The van der Waals surface area contributed by atoms with E-state index in [-0.39, 0.29) is 12.0 Å². The molecule has 1 aromatic heterocycles. The van der Waals surface area contributed by atoms with Gasteiger partial charge in [0.1, 0.15) is 5.00 Å². The first kappa shape index (κ1) is 16.5. The zero-order chi connectivity index (χ0) is 16.4. The van der Waals surface area contributed by atoms with Crippen LogP contribution in [0.3, 0.4) is 0 Å². The quantitative estimate of drug-likeness (QED) is 0.857. The molecule has 0 radical (unpaired) electrons. The highest BCUT2D eigenvalue weighted by Crippen LogP contribution is 2.34. The van der Waals surface area contributed by atoms with Crippen LogP contribution in [0, 0.1) is 0 Å². The van der Waals surface area contributed by atoms with Crippen LogP contribution in [0.5, 0.6) is 0 Å². The number of ether oxygens (including phenoxy) is 1. The lowest BCUT2D eigenvalue weighted by atomic mass is 10.2. The van der Waals surface area contributed by atoms with E-state index in [1.807, 2.05) is 25.7 Å². The number of rotatable bonds is 3. The Kier molecular flexibility index (Phi) is 4.90. The lowest BCUT2D eigenvalue weighted by molar-refractivity contribution is 0.0594. The molecule has 0 saturated carbocycles. The first-order valence-corrected chi connectivity index (χ1v) is 8.00. The SMILES string of the molecule is COC(=O)c1nc(C(C)C)sc1N1CCN(C(=O)O)[C@H](C)C1. The summed E-state index contributed by atoms with van der Waals surface area (Å²) in [5.41, 5.74) is 0.326. The Bertz CT molecular complexity index is 572. The zero-order valence-electron chi connectivity index (χ0n) is 13.2. The van der Waals surface area contributed by atoms with Crippen LogP contribution < -0.4 is 4.90 Å². The Balaban J connectivity index is 2.28. The molecule has 0 aromatic carbocycles. The Morgan fingerprint density at radius 2 is 2.09 bits per heavy atom. The van der Waals surface area contributed by atoms with Crippen molar-refractivity contribution < 1.29 is 19.4 Å². The molecule has 122 valence electrons. The Morgan fingerprint density at radius 1 is 1.41 bits per heavy atom. The summed E-state index contributed by atoms with van der Waals surface area (Å²) in [5, 5.41) is 10.8. The van der Waals surface area contributed by atoms with Crippen molar-refractivity contribution in [2.75, 3.05) is 31.6 Å². The van der Waals surface area contributed by atoms with Gasteiger partial charge >= 0.3 is 12.1 Å². The van der Waals surface area contributed by atoms with Crippen LogP contribution in [0.1, 0.15) is 42.2 Å². The number of methoxy groups -OCH3 is 1. The average molecular weight is 327 g/mol. The third kappa shape index (κ3) is 3.16. The highest BCUT2D eigenvalue weighted by Gasteiger charge is 2.31. The van der Waals surface area contributed by atoms with Crippen LogP contribution in [0.4, 0.5) is 9.80 Å². The fourth-order valence-corrected chi connectivity index (χ4v) is 3.54. The summed E-state index contributed by atoms with van der Waals surface area (Å²) in [4.78, 5) is 31.0. The second kappa shape index (κ2) is 6.51. The van der Waals surface area contributed by atoms with Crippen molar-refractivity contribution in [1.82, 2.24) is 9.88 Å². The topological polar surface area (TPSA) is 83.0 Å². The van der Waals surface area contributed by atoms with Crippen molar-refractivity contribution in [2.24, 2.45) is 0 Å². The summed E-state index contributed by atoms with van der Waals surface area (Å²) in [6.07, 6.45) is -0.910. The van der Waals surface area contributed by atoms with E-state index >= 15 is 0 Å². The van der Waals surface area contributed by atoms with Gasteiger partial charge in [0.05, 0.1) is 12.1 Å².